The summed E-state index contributed by atoms with van der Waals surface area (Å²) >= 11 is 6.03. The first kappa shape index (κ1) is 25.5. The second kappa shape index (κ2) is 9.48. The van der Waals surface area contributed by atoms with Gasteiger partial charge in [0.1, 0.15) is 23.7 Å². The molecule has 3 aromatic rings. The molecule has 1 aliphatic rings. The number of aromatic nitrogens is 4. The van der Waals surface area contributed by atoms with Gasteiger partial charge in [0, 0.05) is 5.02 Å². The molecule has 1 aliphatic carbocycles. The number of nitrogen functional groups attached to an aromatic ring is 1. The van der Waals surface area contributed by atoms with Crippen LogP contribution in [0.25, 0.3) is 11.2 Å². The number of rotatable bonds is 11. The van der Waals surface area contributed by atoms with Gasteiger partial charge in [0.15, 0.2) is 11.5 Å². The highest BCUT2D eigenvalue weighted by Gasteiger charge is 2.50. The van der Waals surface area contributed by atoms with Crippen molar-refractivity contribution in [1.29, 1.82) is 0 Å². The molecule has 188 valence electrons. The predicted molar refractivity (Wildman–Crippen MR) is 133 cm³/mol. The van der Waals surface area contributed by atoms with Gasteiger partial charge in [0.2, 0.25) is 7.44 Å². The Balaban J connectivity index is 1.51. The maximum absolute atomic E-state index is 14.1. The molecule has 0 unspecified atom stereocenters. The molecule has 13 heteroatoms. The van der Waals surface area contributed by atoms with E-state index in [1.807, 2.05) is 19.1 Å². The molecular weight excluding hydrogens is 493 g/mol. The number of nitrogens with one attached hydrogen (secondary N) is 2. The van der Waals surface area contributed by atoms with Crippen LogP contribution in [0.1, 0.15) is 39.2 Å². The maximum Gasteiger partial charge on any atom is 0.323 e. The average molecular weight is 522 g/mol. The molecular formula is C22H29ClN7O4P. The third kappa shape index (κ3) is 5.65. The van der Waals surface area contributed by atoms with Crippen molar-refractivity contribution in [2.75, 3.05) is 12.1 Å². The number of carbonyl (C=O) groups is 1. The Hall–Kier alpha value is -2.56. The average Bonchev–Trinajstić information content (AvgIpc) is 3.44. The highest BCUT2D eigenvalue weighted by Crippen LogP contribution is 2.54. The quantitative estimate of drug-likeness (QED) is 0.276. The zero-order chi connectivity index (χ0) is 25.4. The standard InChI is InChI=1S/C22H29ClN7O4P/c1-14(10-30-12-27-17-18(24)25-11-26-19(17)30)34-13-35(33,28-21(2,3)20(31)32)29-22(8-9-22)15-4-6-16(23)7-5-15/h4-7,11-12,14H,8-10,13H2,1-3H3,(H,31,32)(H2,24,25,26)(H2,28,29,33)/t14-,35-/m1/s1. The van der Waals surface area contributed by atoms with E-state index in [0.717, 1.165) is 18.4 Å². The fourth-order valence-electron chi connectivity index (χ4n) is 3.89. The minimum atomic E-state index is -3.54. The number of nitrogens with zero attached hydrogens (tertiary/aromatic N) is 4. The number of halogens is 1. The van der Waals surface area contributed by atoms with Gasteiger partial charge in [0.05, 0.1) is 24.5 Å². The maximum atomic E-state index is 14.1. The number of ether oxygens (including phenoxy) is 1. The Bertz CT molecular complexity index is 1280. The van der Waals surface area contributed by atoms with E-state index in [-0.39, 0.29) is 18.3 Å². The molecule has 0 bridgehead atoms. The molecule has 1 saturated carbocycles. The van der Waals surface area contributed by atoms with Crippen molar-refractivity contribution in [1.82, 2.24) is 29.7 Å². The van der Waals surface area contributed by atoms with Gasteiger partial charge in [-0.05, 0) is 51.3 Å². The SMILES string of the molecule is C[C@H](Cn1cnc2c(N)ncnc21)OC[P@@](=O)(NC(C)(C)C(=O)O)NC1(c2ccc(Cl)cc2)CC1. The molecule has 2 aromatic heterocycles. The van der Waals surface area contributed by atoms with Crippen molar-refractivity contribution < 1.29 is 19.2 Å². The van der Waals surface area contributed by atoms with Crippen LogP contribution in [0.3, 0.4) is 0 Å². The van der Waals surface area contributed by atoms with Crippen molar-refractivity contribution in [3.63, 3.8) is 0 Å². The second-order valence-corrected chi connectivity index (χ2v) is 12.0. The molecule has 0 saturated heterocycles. The second-order valence-electron chi connectivity index (χ2n) is 9.42. The fraction of sp³-hybridized carbons (Fsp3) is 0.455. The van der Waals surface area contributed by atoms with Gasteiger partial charge >= 0.3 is 5.97 Å². The number of fused-ring (bicyclic) bond motifs is 1. The third-order valence-electron chi connectivity index (χ3n) is 5.96. The molecule has 0 radical (unpaired) electrons. The summed E-state index contributed by atoms with van der Waals surface area (Å²) in [4.78, 5) is 24.2. The lowest BCUT2D eigenvalue weighted by Crippen LogP contribution is -2.49. The monoisotopic (exact) mass is 521 g/mol. The van der Waals surface area contributed by atoms with E-state index in [1.165, 1.54) is 20.2 Å². The van der Waals surface area contributed by atoms with Gasteiger partial charge in [-0.15, -0.1) is 0 Å². The molecule has 2 atom stereocenters. The number of imidazole rings is 1. The normalized spacial score (nSPS) is 17.7. The Morgan fingerprint density at radius 2 is 2.00 bits per heavy atom. The zero-order valence-corrected chi connectivity index (χ0v) is 21.4. The van der Waals surface area contributed by atoms with Gasteiger partial charge in [-0.3, -0.25) is 9.36 Å². The number of carboxylic acids is 1. The molecule has 0 spiro atoms. The van der Waals surface area contributed by atoms with Gasteiger partial charge in [-0.2, -0.15) is 0 Å². The summed E-state index contributed by atoms with van der Waals surface area (Å²) in [6.45, 7) is 5.14. The van der Waals surface area contributed by atoms with Gasteiger partial charge in [-0.1, -0.05) is 23.7 Å². The van der Waals surface area contributed by atoms with Gasteiger partial charge in [0.25, 0.3) is 0 Å². The number of carboxylic acid groups (broad SMARTS) is 1. The van der Waals surface area contributed by atoms with E-state index >= 15 is 0 Å². The van der Waals surface area contributed by atoms with Crippen molar-refractivity contribution in [2.24, 2.45) is 0 Å². The van der Waals surface area contributed by atoms with Crippen LogP contribution in [0.4, 0.5) is 5.82 Å². The third-order valence-corrected chi connectivity index (χ3v) is 8.43. The highest BCUT2D eigenvalue weighted by atomic mass is 35.5. The Morgan fingerprint density at radius 3 is 2.63 bits per heavy atom. The largest absolute Gasteiger partial charge is 0.480 e. The summed E-state index contributed by atoms with van der Waals surface area (Å²) in [5.41, 5.74) is 5.87. The Kier molecular flexibility index (Phi) is 6.91. The molecule has 0 aliphatic heterocycles. The van der Waals surface area contributed by atoms with Crippen molar-refractivity contribution in [3.8, 4) is 0 Å². The summed E-state index contributed by atoms with van der Waals surface area (Å²) in [7, 11) is -3.54. The number of anilines is 1. The summed E-state index contributed by atoms with van der Waals surface area (Å²) < 4.78 is 21.9. The minimum absolute atomic E-state index is 0.218. The summed E-state index contributed by atoms with van der Waals surface area (Å²) in [5.74, 6) is -0.834. The number of hydrogen-bond acceptors (Lipinski definition) is 7. The van der Waals surface area contributed by atoms with Crippen LogP contribution in [0, 0.1) is 0 Å². The smallest absolute Gasteiger partial charge is 0.323 e. The van der Waals surface area contributed by atoms with Crippen LogP contribution >= 0.6 is 19.0 Å². The number of aliphatic carboxylic acids is 1. The lowest BCUT2D eigenvalue weighted by Gasteiger charge is -2.33. The minimum Gasteiger partial charge on any atom is -0.480 e. The van der Waals surface area contributed by atoms with E-state index in [9.17, 15) is 14.5 Å². The zero-order valence-electron chi connectivity index (χ0n) is 19.7. The predicted octanol–water partition coefficient (Wildman–Crippen LogP) is 3.35. The molecule has 2 heterocycles. The number of nitrogens with two attached hydrogens (primary N) is 1. The van der Waals surface area contributed by atoms with Crippen LogP contribution in [-0.4, -0.2) is 48.6 Å². The molecule has 1 fully saturated rings. The van der Waals surface area contributed by atoms with E-state index in [4.69, 9.17) is 22.1 Å². The Labute approximate surface area is 207 Å². The Morgan fingerprint density at radius 1 is 1.31 bits per heavy atom. The topological polar surface area (TPSA) is 157 Å². The lowest BCUT2D eigenvalue weighted by molar-refractivity contribution is -0.142. The first-order valence-corrected chi connectivity index (χ1v) is 13.4. The molecule has 35 heavy (non-hydrogen) atoms. The number of hydrogen-bond donors (Lipinski definition) is 4. The molecule has 0 amide bonds. The van der Waals surface area contributed by atoms with Crippen LogP contribution in [0.2, 0.25) is 5.02 Å². The van der Waals surface area contributed by atoms with Crippen LogP contribution in [-0.2, 0) is 26.2 Å². The van der Waals surface area contributed by atoms with Crippen LogP contribution < -0.4 is 15.9 Å². The van der Waals surface area contributed by atoms with Crippen molar-refractivity contribution in [2.45, 2.75) is 57.3 Å². The van der Waals surface area contributed by atoms with Crippen LogP contribution in [0.5, 0.6) is 0 Å². The molecule has 5 N–H and O–H groups in total. The number of benzene rings is 1. The van der Waals surface area contributed by atoms with Gasteiger partial charge in [-0.25, -0.2) is 25.1 Å². The van der Waals surface area contributed by atoms with Crippen LogP contribution in [0.15, 0.2) is 36.9 Å². The first-order chi connectivity index (χ1) is 16.4. The fourth-order valence-corrected chi connectivity index (χ4v) is 6.71. The summed E-state index contributed by atoms with van der Waals surface area (Å²) in [6.07, 6.45) is 3.86. The van der Waals surface area contributed by atoms with E-state index in [2.05, 4.69) is 25.1 Å². The van der Waals surface area contributed by atoms with E-state index in [0.29, 0.717) is 22.7 Å². The van der Waals surface area contributed by atoms with E-state index < -0.39 is 24.5 Å². The van der Waals surface area contributed by atoms with Crippen molar-refractivity contribution >= 4 is 42.0 Å². The first-order valence-electron chi connectivity index (χ1n) is 11.1. The summed E-state index contributed by atoms with van der Waals surface area (Å²) in [5, 5.41) is 16.3. The van der Waals surface area contributed by atoms with Gasteiger partial charge < -0.3 is 20.1 Å². The highest BCUT2D eigenvalue weighted by molar-refractivity contribution is 7.59. The molecule has 4 rings (SSSR count). The molecule has 1 aromatic carbocycles. The summed E-state index contributed by atoms with van der Waals surface area (Å²) in [6, 6.07) is 7.33. The van der Waals surface area contributed by atoms with Crippen molar-refractivity contribution in [3.05, 3.63) is 47.5 Å². The van der Waals surface area contributed by atoms with E-state index in [1.54, 1.807) is 23.0 Å². The lowest BCUT2D eigenvalue weighted by atomic mass is 10.1. The molecule has 11 nitrogen and oxygen atoms in total.